The summed E-state index contributed by atoms with van der Waals surface area (Å²) >= 11 is 5.72. The van der Waals surface area contributed by atoms with Crippen molar-refractivity contribution in [2.45, 2.75) is 6.42 Å². The molecule has 0 aliphatic rings. The number of rotatable bonds is 4. The number of pyridine rings is 2. The van der Waals surface area contributed by atoms with Crippen molar-refractivity contribution in [3.05, 3.63) is 59.1 Å². The SMILES string of the molecule is O=C(NCCc1cccnc1)c1ccnc(Cl)c1. The van der Waals surface area contributed by atoms with Gasteiger partial charge >= 0.3 is 0 Å². The summed E-state index contributed by atoms with van der Waals surface area (Å²) in [4.78, 5) is 19.6. The summed E-state index contributed by atoms with van der Waals surface area (Å²) in [6, 6.07) is 7.02. The molecule has 2 aromatic heterocycles. The zero-order valence-corrected chi connectivity index (χ0v) is 10.4. The van der Waals surface area contributed by atoms with Gasteiger partial charge in [0.25, 0.3) is 5.91 Å². The van der Waals surface area contributed by atoms with E-state index >= 15 is 0 Å². The molecule has 0 saturated carbocycles. The highest BCUT2D eigenvalue weighted by molar-refractivity contribution is 6.29. The van der Waals surface area contributed by atoms with Gasteiger partial charge in [0.2, 0.25) is 0 Å². The number of hydrogen-bond acceptors (Lipinski definition) is 3. The van der Waals surface area contributed by atoms with E-state index in [0.717, 1.165) is 12.0 Å². The second-order valence-electron chi connectivity index (χ2n) is 3.73. The number of nitrogens with one attached hydrogen (secondary N) is 1. The van der Waals surface area contributed by atoms with Crippen LogP contribution in [0, 0.1) is 0 Å². The summed E-state index contributed by atoms with van der Waals surface area (Å²) in [6.45, 7) is 0.560. The molecule has 2 rings (SSSR count). The van der Waals surface area contributed by atoms with Crippen molar-refractivity contribution in [2.75, 3.05) is 6.54 Å². The summed E-state index contributed by atoms with van der Waals surface area (Å²) in [6.07, 6.45) is 5.77. The van der Waals surface area contributed by atoms with Crippen LogP contribution in [0.1, 0.15) is 15.9 Å². The smallest absolute Gasteiger partial charge is 0.251 e. The van der Waals surface area contributed by atoms with Gasteiger partial charge in [0.1, 0.15) is 5.15 Å². The van der Waals surface area contributed by atoms with Gasteiger partial charge in [-0.15, -0.1) is 0 Å². The highest BCUT2D eigenvalue weighted by Crippen LogP contribution is 2.06. The van der Waals surface area contributed by atoms with Crippen LogP contribution in [0.15, 0.2) is 42.9 Å². The number of nitrogens with zero attached hydrogens (tertiary/aromatic N) is 2. The van der Waals surface area contributed by atoms with Crippen molar-refractivity contribution in [1.82, 2.24) is 15.3 Å². The summed E-state index contributed by atoms with van der Waals surface area (Å²) in [5.41, 5.74) is 1.60. The molecule has 0 spiro atoms. The summed E-state index contributed by atoms with van der Waals surface area (Å²) in [5, 5.41) is 3.14. The van der Waals surface area contributed by atoms with Gasteiger partial charge in [-0.3, -0.25) is 9.78 Å². The standard InChI is InChI=1S/C13H12ClN3O/c14-12-8-11(4-7-16-12)13(18)17-6-3-10-2-1-5-15-9-10/h1-2,4-5,7-9H,3,6H2,(H,17,18). The van der Waals surface area contributed by atoms with Crippen LogP contribution < -0.4 is 5.32 Å². The van der Waals surface area contributed by atoms with Gasteiger partial charge in [0.05, 0.1) is 0 Å². The molecule has 4 nitrogen and oxygen atoms in total. The molecule has 1 amide bonds. The lowest BCUT2D eigenvalue weighted by Gasteiger charge is -2.05. The van der Waals surface area contributed by atoms with E-state index in [0.29, 0.717) is 17.3 Å². The molecule has 0 bridgehead atoms. The molecule has 0 radical (unpaired) electrons. The fourth-order valence-electron chi connectivity index (χ4n) is 1.51. The monoisotopic (exact) mass is 261 g/mol. The third kappa shape index (κ3) is 3.53. The zero-order valence-electron chi connectivity index (χ0n) is 9.64. The molecule has 0 fully saturated rings. The molecule has 0 atom stereocenters. The molecule has 92 valence electrons. The summed E-state index contributed by atoms with van der Waals surface area (Å²) in [5.74, 6) is -0.150. The van der Waals surface area contributed by atoms with Crippen LogP contribution in [0.2, 0.25) is 5.15 Å². The van der Waals surface area contributed by atoms with Crippen LogP contribution in [0.3, 0.4) is 0 Å². The number of aromatic nitrogens is 2. The number of hydrogen-bond donors (Lipinski definition) is 1. The Hall–Kier alpha value is -1.94. The first-order valence-electron chi connectivity index (χ1n) is 5.54. The molecule has 0 aliphatic heterocycles. The van der Waals surface area contributed by atoms with Crippen molar-refractivity contribution in [1.29, 1.82) is 0 Å². The van der Waals surface area contributed by atoms with E-state index in [1.54, 1.807) is 24.5 Å². The first-order chi connectivity index (χ1) is 8.75. The normalized spacial score (nSPS) is 10.1. The average Bonchev–Trinajstić information content (AvgIpc) is 2.40. The van der Waals surface area contributed by atoms with Gasteiger partial charge in [-0.05, 0) is 30.2 Å². The molecule has 2 aromatic rings. The van der Waals surface area contributed by atoms with Crippen molar-refractivity contribution < 1.29 is 4.79 Å². The largest absolute Gasteiger partial charge is 0.352 e. The lowest BCUT2D eigenvalue weighted by Crippen LogP contribution is -2.25. The second kappa shape index (κ2) is 6.12. The number of carbonyl (C=O) groups excluding carboxylic acids is 1. The summed E-state index contributed by atoms with van der Waals surface area (Å²) in [7, 11) is 0. The van der Waals surface area contributed by atoms with Crippen LogP contribution in [0.4, 0.5) is 0 Å². The lowest BCUT2D eigenvalue weighted by molar-refractivity contribution is 0.0954. The quantitative estimate of drug-likeness (QED) is 0.858. The van der Waals surface area contributed by atoms with Crippen LogP contribution >= 0.6 is 11.6 Å². The van der Waals surface area contributed by atoms with Gasteiger partial charge in [-0.25, -0.2) is 4.98 Å². The second-order valence-corrected chi connectivity index (χ2v) is 4.12. The molecule has 0 aromatic carbocycles. The lowest BCUT2D eigenvalue weighted by atomic mass is 10.2. The minimum Gasteiger partial charge on any atom is -0.352 e. The fourth-order valence-corrected chi connectivity index (χ4v) is 1.69. The van der Waals surface area contributed by atoms with E-state index < -0.39 is 0 Å². The van der Waals surface area contributed by atoms with E-state index in [1.165, 1.54) is 6.20 Å². The minimum absolute atomic E-state index is 0.150. The number of amides is 1. The molecule has 0 unspecified atom stereocenters. The molecule has 0 saturated heterocycles. The minimum atomic E-state index is -0.150. The van der Waals surface area contributed by atoms with E-state index in [-0.39, 0.29) is 5.91 Å². The zero-order chi connectivity index (χ0) is 12.8. The molecule has 1 N–H and O–H groups in total. The number of carbonyl (C=O) groups is 1. The van der Waals surface area contributed by atoms with E-state index in [4.69, 9.17) is 11.6 Å². The Morgan fingerprint density at radius 2 is 2.22 bits per heavy atom. The third-order valence-corrected chi connectivity index (χ3v) is 2.62. The molecule has 5 heteroatoms. The third-order valence-electron chi connectivity index (χ3n) is 2.41. The molecular formula is C13H12ClN3O. The Morgan fingerprint density at radius 3 is 2.94 bits per heavy atom. The topological polar surface area (TPSA) is 54.9 Å². The van der Waals surface area contributed by atoms with Crippen LogP contribution in [0.25, 0.3) is 0 Å². The van der Waals surface area contributed by atoms with Gasteiger partial charge in [0.15, 0.2) is 0 Å². The number of halogens is 1. The molecular weight excluding hydrogens is 250 g/mol. The van der Waals surface area contributed by atoms with Crippen molar-refractivity contribution in [3.8, 4) is 0 Å². The van der Waals surface area contributed by atoms with Gasteiger partial charge in [-0.1, -0.05) is 17.7 Å². The van der Waals surface area contributed by atoms with Crippen molar-refractivity contribution in [2.24, 2.45) is 0 Å². The maximum absolute atomic E-state index is 11.8. The van der Waals surface area contributed by atoms with Gasteiger partial charge < -0.3 is 5.32 Å². The highest BCUT2D eigenvalue weighted by Gasteiger charge is 2.05. The Morgan fingerprint density at radius 1 is 1.33 bits per heavy atom. The average molecular weight is 262 g/mol. The van der Waals surface area contributed by atoms with Gasteiger partial charge in [0, 0.05) is 30.7 Å². The fraction of sp³-hybridized carbons (Fsp3) is 0.154. The Labute approximate surface area is 110 Å². The van der Waals surface area contributed by atoms with Crippen molar-refractivity contribution in [3.63, 3.8) is 0 Å². The molecule has 18 heavy (non-hydrogen) atoms. The predicted octanol–water partition coefficient (Wildman–Crippen LogP) is 2.10. The molecule has 2 heterocycles. The highest BCUT2D eigenvalue weighted by atomic mass is 35.5. The van der Waals surface area contributed by atoms with E-state index in [9.17, 15) is 4.79 Å². The van der Waals surface area contributed by atoms with Gasteiger partial charge in [-0.2, -0.15) is 0 Å². The predicted molar refractivity (Wildman–Crippen MR) is 69.5 cm³/mol. The first kappa shape index (κ1) is 12.5. The molecule has 0 aliphatic carbocycles. The Balaban J connectivity index is 1.86. The van der Waals surface area contributed by atoms with E-state index in [2.05, 4.69) is 15.3 Å². The first-order valence-corrected chi connectivity index (χ1v) is 5.92. The van der Waals surface area contributed by atoms with Crippen molar-refractivity contribution >= 4 is 17.5 Å². The van der Waals surface area contributed by atoms with Crippen LogP contribution in [-0.2, 0) is 6.42 Å². The maximum atomic E-state index is 11.8. The van der Waals surface area contributed by atoms with E-state index in [1.807, 2.05) is 12.1 Å². The maximum Gasteiger partial charge on any atom is 0.251 e. The summed E-state index contributed by atoms with van der Waals surface area (Å²) < 4.78 is 0. The Kier molecular flexibility index (Phi) is 4.25. The van der Waals surface area contributed by atoms with Crippen LogP contribution in [-0.4, -0.2) is 22.4 Å². The Bertz CT molecular complexity index is 531. The van der Waals surface area contributed by atoms with Crippen LogP contribution in [0.5, 0.6) is 0 Å².